The van der Waals surface area contributed by atoms with Crippen LogP contribution < -0.4 is 10.5 Å². The summed E-state index contributed by atoms with van der Waals surface area (Å²) in [5.74, 6) is 1.63. The van der Waals surface area contributed by atoms with E-state index < -0.39 is 0 Å². The summed E-state index contributed by atoms with van der Waals surface area (Å²) in [4.78, 5) is 0. The number of nitrogens with zero attached hydrogens (tertiary/aromatic N) is 4. The topological polar surface area (TPSA) is 78.8 Å². The molecule has 2 rings (SSSR count). The van der Waals surface area contributed by atoms with Crippen LogP contribution in [0.4, 0.5) is 0 Å². The minimum atomic E-state index is 0.483. The molecule has 1 heterocycles. The van der Waals surface area contributed by atoms with Crippen molar-refractivity contribution in [3.05, 3.63) is 29.8 Å². The number of tetrazole rings is 1. The molecule has 0 unspecified atom stereocenters. The van der Waals surface area contributed by atoms with Crippen molar-refractivity contribution in [1.82, 2.24) is 20.2 Å². The van der Waals surface area contributed by atoms with Crippen molar-refractivity contribution >= 4 is 11.8 Å². The largest absolute Gasteiger partial charge is 0.492 e. The van der Waals surface area contributed by atoms with E-state index in [1.54, 1.807) is 16.4 Å². The first-order chi connectivity index (χ1) is 8.81. The van der Waals surface area contributed by atoms with Gasteiger partial charge in [-0.3, -0.25) is 0 Å². The first kappa shape index (κ1) is 12.8. The van der Waals surface area contributed by atoms with E-state index in [9.17, 15) is 0 Å². The van der Waals surface area contributed by atoms with Crippen LogP contribution in [0.2, 0.25) is 0 Å². The normalized spacial score (nSPS) is 10.6. The minimum Gasteiger partial charge on any atom is -0.492 e. The molecular weight excluding hydrogens is 250 g/mol. The number of nitrogens with two attached hydrogens (primary N) is 1. The molecule has 0 fully saturated rings. The lowest BCUT2D eigenvalue weighted by atomic mass is 10.2. The van der Waals surface area contributed by atoms with Gasteiger partial charge in [-0.15, -0.1) is 5.10 Å². The summed E-state index contributed by atoms with van der Waals surface area (Å²) in [6.45, 7) is 1.07. The molecule has 96 valence electrons. The Morgan fingerprint density at radius 3 is 2.94 bits per heavy atom. The van der Waals surface area contributed by atoms with E-state index in [1.807, 2.05) is 31.3 Å². The van der Waals surface area contributed by atoms with Gasteiger partial charge in [0.2, 0.25) is 5.16 Å². The van der Waals surface area contributed by atoms with Crippen LogP contribution >= 0.6 is 11.8 Å². The number of thioether (sulfide) groups is 1. The average Bonchev–Trinajstić information content (AvgIpc) is 2.81. The lowest BCUT2D eigenvalue weighted by molar-refractivity contribution is 0.340. The van der Waals surface area contributed by atoms with Crippen molar-refractivity contribution in [3.8, 4) is 5.75 Å². The first-order valence-corrected chi connectivity index (χ1v) is 6.55. The number of ether oxygens (including phenoxy) is 1. The zero-order valence-corrected chi connectivity index (χ0v) is 10.9. The van der Waals surface area contributed by atoms with Gasteiger partial charge in [-0.1, -0.05) is 30.0 Å². The van der Waals surface area contributed by atoms with Gasteiger partial charge >= 0.3 is 0 Å². The molecule has 0 aliphatic heterocycles. The molecule has 6 nitrogen and oxygen atoms in total. The predicted octanol–water partition coefficient (Wildman–Crippen LogP) is 0.840. The molecule has 0 radical (unpaired) electrons. The summed E-state index contributed by atoms with van der Waals surface area (Å²) in [6.07, 6.45) is 0. The van der Waals surface area contributed by atoms with Gasteiger partial charge in [0.25, 0.3) is 0 Å². The highest BCUT2D eigenvalue weighted by atomic mass is 32.2. The Morgan fingerprint density at radius 2 is 2.22 bits per heavy atom. The molecule has 0 aliphatic rings. The van der Waals surface area contributed by atoms with E-state index >= 15 is 0 Å². The van der Waals surface area contributed by atoms with Crippen molar-refractivity contribution in [1.29, 1.82) is 0 Å². The second-order valence-corrected chi connectivity index (χ2v) is 4.66. The fraction of sp³-hybridized carbons (Fsp3) is 0.364. The maximum Gasteiger partial charge on any atom is 0.209 e. The summed E-state index contributed by atoms with van der Waals surface area (Å²) in [6, 6.07) is 7.79. The van der Waals surface area contributed by atoms with Crippen LogP contribution in [0.5, 0.6) is 5.75 Å². The Hall–Kier alpha value is -1.60. The maximum atomic E-state index is 5.69. The molecule has 0 saturated heterocycles. The monoisotopic (exact) mass is 265 g/mol. The van der Waals surface area contributed by atoms with Gasteiger partial charge in [0, 0.05) is 24.9 Å². The van der Waals surface area contributed by atoms with E-state index in [2.05, 4.69) is 15.5 Å². The van der Waals surface area contributed by atoms with Gasteiger partial charge in [0.05, 0.1) is 6.61 Å². The fourth-order valence-electron chi connectivity index (χ4n) is 1.44. The first-order valence-electron chi connectivity index (χ1n) is 5.57. The van der Waals surface area contributed by atoms with Gasteiger partial charge < -0.3 is 10.5 Å². The molecule has 0 spiro atoms. The number of hydrogen-bond acceptors (Lipinski definition) is 6. The average molecular weight is 265 g/mol. The Labute approximate surface area is 110 Å². The molecule has 7 heteroatoms. The highest BCUT2D eigenvalue weighted by Gasteiger charge is 2.04. The zero-order valence-electron chi connectivity index (χ0n) is 10.1. The maximum absolute atomic E-state index is 5.69. The minimum absolute atomic E-state index is 0.483. The molecule has 2 aromatic rings. The van der Waals surface area contributed by atoms with Crippen molar-refractivity contribution in [2.45, 2.75) is 11.7 Å². The van der Waals surface area contributed by atoms with Crippen molar-refractivity contribution in [2.75, 3.05) is 12.4 Å². The predicted molar refractivity (Wildman–Crippen MR) is 69.4 cm³/mol. The number of rotatable bonds is 6. The molecule has 0 bridgehead atoms. The van der Waals surface area contributed by atoms with Gasteiger partial charge in [-0.2, -0.15) is 0 Å². The highest BCUT2D eigenvalue weighted by molar-refractivity contribution is 7.99. The third kappa shape index (κ3) is 3.21. The Kier molecular flexibility index (Phi) is 4.54. The third-order valence-electron chi connectivity index (χ3n) is 2.35. The third-order valence-corrected chi connectivity index (χ3v) is 3.32. The molecule has 1 aromatic carbocycles. The van der Waals surface area contributed by atoms with Gasteiger partial charge in [0.15, 0.2) is 0 Å². The van der Waals surface area contributed by atoms with Crippen LogP contribution in [0, 0.1) is 0 Å². The van der Waals surface area contributed by atoms with Gasteiger partial charge in [0.1, 0.15) is 5.75 Å². The molecular formula is C11H15N5OS. The number of para-hydroxylation sites is 1. The van der Waals surface area contributed by atoms with E-state index in [-0.39, 0.29) is 0 Å². The lowest BCUT2D eigenvalue weighted by Gasteiger charge is -2.09. The van der Waals surface area contributed by atoms with E-state index in [4.69, 9.17) is 10.5 Å². The lowest BCUT2D eigenvalue weighted by Crippen LogP contribution is -2.05. The van der Waals surface area contributed by atoms with Gasteiger partial charge in [-0.05, 0) is 16.5 Å². The highest BCUT2D eigenvalue weighted by Crippen LogP contribution is 2.18. The molecule has 0 aliphatic carbocycles. The van der Waals surface area contributed by atoms with Crippen LogP contribution in [-0.4, -0.2) is 32.6 Å². The number of benzene rings is 1. The Bertz CT molecular complexity index is 502. The molecule has 1 aromatic heterocycles. The van der Waals surface area contributed by atoms with Crippen LogP contribution in [0.25, 0.3) is 0 Å². The van der Waals surface area contributed by atoms with Crippen molar-refractivity contribution in [3.63, 3.8) is 0 Å². The second kappa shape index (κ2) is 6.36. The Morgan fingerprint density at radius 1 is 1.39 bits per heavy atom. The molecule has 2 N–H and O–H groups in total. The van der Waals surface area contributed by atoms with Crippen LogP contribution in [0.3, 0.4) is 0 Å². The molecule has 0 amide bonds. The smallest absolute Gasteiger partial charge is 0.209 e. The molecule has 0 atom stereocenters. The summed E-state index contributed by atoms with van der Waals surface area (Å²) in [7, 11) is 1.81. The van der Waals surface area contributed by atoms with E-state index in [0.717, 1.165) is 22.2 Å². The second-order valence-electron chi connectivity index (χ2n) is 3.59. The van der Waals surface area contributed by atoms with Crippen LogP contribution in [-0.2, 0) is 13.6 Å². The number of aryl methyl sites for hydroxylation is 1. The SMILES string of the molecule is Cn1nnnc1SCCOc1ccccc1CN. The quantitative estimate of drug-likeness (QED) is 0.616. The summed E-state index contributed by atoms with van der Waals surface area (Å²) in [5, 5.41) is 12.0. The molecule has 18 heavy (non-hydrogen) atoms. The summed E-state index contributed by atoms with van der Waals surface area (Å²) in [5.41, 5.74) is 6.65. The van der Waals surface area contributed by atoms with Crippen LogP contribution in [0.1, 0.15) is 5.56 Å². The van der Waals surface area contributed by atoms with Crippen LogP contribution in [0.15, 0.2) is 29.4 Å². The standard InChI is InChI=1S/C11H15N5OS/c1-16-11(13-14-15-16)18-7-6-17-10-5-3-2-4-9(10)8-12/h2-5H,6-8,12H2,1H3. The van der Waals surface area contributed by atoms with Crippen molar-refractivity contribution in [2.24, 2.45) is 12.8 Å². The number of aromatic nitrogens is 4. The fourth-order valence-corrected chi connectivity index (χ4v) is 2.11. The summed E-state index contributed by atoms with van der Waals surface area (Å²) >= 11 is 1.56. The molecule has 0 saturated carbocycles. The van der Waals surface area contributed by atoms with Gasteiger partial charge in [-0.25, -0.2) is 4.68 Å². The zero-order chi connectivity index (χ0) is 12.8. The van der Waals surface area contributed by atoms with E-state index in [1.165, 1.54) is 0 Å². The van der Waals surface area contributed by atoms with E-state index in [0.29, 0.717) is 13.2 Å². The number of hydrogen-bond donors (Lipinski definition) is 1. The van der Waals surface area contributed by atoms with Crippen molar-refractivity contribution < 1.29 is 4.74 Å². The Balaban J connectivity index is 1.80. The summed E-state index contributed by atoms with van der Waals surface area (Å²) < 4.78 is 7.32.